The maximum atomic E-state index is 10.7. The monoisotopic (exact) mass is 286 g/mol. The molecule has 0 aliphatic rings. The Kier molecular flexibility index (Phi) is 3.16. The molecule has 3 aromatic rings. The van der Waals surface area contributed by atoms with Gasteiger partial charge in [-0.3, -0.25) is 10.1 Å². The summed E-state index contributed by atoms with van der Waals surface area (Å²) in [6, 6.07) is 14.7. The van der Waals surface area contributed by atoms with Crippen LogP contribution in [0.4, 0.5) is 5.69 Å². The number of hydrogen-bond donors (Lipinski definition) is 0. The van der Waals surface area contributed by atoms with E-state index in [0.29, 0.717) is 11.6 Å². The minimum atomic E-state index is -0.444. The fourth-order valence-electron chi connectivity index (χ4n) is 2.24. The third-order valence-corrected chi connectivity index (χ3v) is 3.62. The Morgan fingerprint density at radius 3 is 2.70 bits per heavy atom. The molecular formula is C15H11ClN2O2. The number of fused-ring (bicyclic) bond motifs is 1. The summed E-state index contributed by atoms with van der Waals surface area (Å²) in [5.41, 5.74) is 1.98. The van der Waals surface area contributed by atoms with Gasteiger partial charge in [0.15, 0.2) is 0 Å². The molecule has 0 saturated carbocycles. The van der Waals surface area contributed by atoms with Gasteiger partial charge in [0.25, 0.3) is 5.69 Å². The smallest absolute Gasteiger partial charge is 0.270 e. The van der Waals surface area contributed by atoms with Crippen LogP contribution in [0, 0.1) is 10.1 Å². The number of para-hydroxylation sites is 1. The van der Waals surface area contributed by atoms with Crippen LogP contribution in [0.5, 0.6) is 0 Å². The van der Waals surface area contributed by atoms with Crippen molar-refractivity contribution in [3.8, 4) is 0 Å². The molecule has 0 N–H and O–H groups in total. The van der Waals surface area contributed by atoms with E-state index in [1.807, 2.05) is 36.5 Å². The molecule has 3 rings (SSSR count). The van der Waals surface area contributed by atoms with E-state index in [-0.39, 0.29) is 5.69 Å². The summed E-state index contributed by atoms with van der Waals surface area (Å²) < 4.78 is 2.07. The predicted molar refractivity (Wildman–Crippen MR) is 79.1 cm³/mol. The van der Waals surface area contributed by atoms with Crippen molar-refractivity contribution < 1.29 is 4.92 Å². The van der Waals surface area contributed by atoms with Crippen molar-refractivity contribution in [1.29, 1.82) is 0 Å². The zero-order valence-corrected chi connectivity index (χ0v) is 11.2. The second-order valence-electron chi connectivity index (χ2n) is 4.54. The van der Waals surface area contributed by atoms with Gasteiger partial charge in [-0.15, -0.1) is 0 Å². The molecule has 0 aliphatic carbocycles. The third-order valence-electron chi connectivity index (χ3n) is 3.27. The van der Waals surface area contributed by atoms with Crippen molar-refractivity contribution in [2.75, 3.05) is 0 Å². The number of aromatic nitrogens is 1. The first kappa shape index (κ1) is 12.7. The lowest BCUT2D eigenvalue weighted by Gasteiger charge is -2.07. The summed E-state index contributed by atoms with van der Waals surface area (Å²) in [6.45, 7) is 0.588. The normalized spacial score (nSPS) is 10.8. The van der Waals surface area contributed by atoms with E-state index >= 15 is 0 Å². The standard InChI is InChI=1S/C15H11ClN2O2/c16-14-9-13(18(19)20)6-5-12(14)10-17-8-7-11-3-1-2-4-15(11)17/h1-9H,10H2. The number of nitro benzene ring substituents is 1. The van der Waals surface area contributed by atoms with Crippen molar-refractivity contribution in [3.63, 3.8) is 0 Å². The molecule has 2 aromatic carbocycles. The molecule has 0 amide bonds. The number of hydrogen-bond acceptors (Lipinski definition) is 2. The highest BCUT2D eigenvalue weighted by Crippen LogP contribution is 2.25. The summed E-state index contributed by atoms with van der Waals surface area (Å²) in [6.07, 6.45) is 1.99. The van der Waals surface area contributed by atoms with Gasteiger partial charge in [-0.2, -0.15) is 0 Å². The minimum absolute atomic E-state index is 0.0103. The van der Waals surface area contributed by atoms with Crippen molar-refractivity contribution in [1.82, 2.24) is 4.57 Å². The highest BCUT2D eigenvalue weighted by molar-refractivity contribution is 6.31. The van der Waals surface area contributed by atoms with Gasteiger partial charge in [-0.1, -0.05) is 29.8 Å². The van der Waals surface area contributed by atoms with E-state index in [9.17, 15) is 10.1 Å². The highest BCUT2D eigenvalue weighted by atomic mass is 35.5. The van der Waals surface area contributed by atoms with Crippen molar-refractivity contribution >= 4 is 28.2 Å². The van der Waals surface area contributed by atoms with E-state index in [0.717, 1.165) is 16.5 Å². The fraction of sp³-hybridized carbons (Fsp3) is 0.0667. The summed E-state index contributed by atoms with van der Waals surface area (Å²) in [4.78, 5) is 10.3. The highest BCUT2D eigenvalue weighted by Gasteiger charge is 2.10. The lowest BCUT2D eigenvalue weighted by Crippen LogP contribution is -1.99. The van der Waals surface area contributed by atoms with Crippen LogP contribution >= 0.6 is 11.6 Å². The summed E-state index contributed by atoms with van der Waals surface area (Å²) in [5, 5.41) is 12.3. The number of rotatable bonds is 3. The molecule has 0 atom stereocenters. The number of nitrogens with zero attached hydrogens (tertiary/aromatic N) is 2. The molecular weight excluding hydrogens is 276 g/mol. The molecule has 5 heteroatoms. The van der Waals surface area contributed by atoms with Crippen LogP contribution in [0.2, 0.25) is 5.02 Å². The van der Waals surface area contributed by atoms with Gasteiger partial charge in [-0.25, -0.2) is 0 Å². The predicted octanol–water partition coefficient (Wildman–Crippen LogP) is 4.25. The molecule has 4 nitrogen and oxygen atoms in total. The molecule has 0 radical (unpaired) electrons. The Labute approximate surface area is 120 Å². The maximum Gasteiger partial charge on any atom is 0.270 e. The Bertz CT molecular complexity index is 795. The number of halogens is 1. The van der Waals surface area contributed by atoms with Crippen molar-refractivity contribution in [3.05, 3.63) is 75.4 Å². The van der Waals surface area contributed by atoms with Crippen LogP contribution < -0.4 is 0 Å². The van der Waals surface area contributed by atoms with Crippen molar-refractivity contribution in [2.45, 2.75) is 6.54 Å². The SMILES string of the molecule is O=[N+]([O-])c1ccc(Cn2ccc3ccccc32)c(Cl)c1. The maximum absolute atomic E-state index is 10.7. The summed E-state index contributed by atoms with van der Waals surface area (Å²) in [5.74, 6) is 0. The van der Waals surface area contributed by atoms with Gasteiger partial charge in [0, 0.05) is 30.4 Å². The van der Waals surface area contributed by atoms with Crippen LogP contribution in [-0.4, -0.2) is 9.49 Å². The first-order valence-electron chi connectivity index (χ1n) is 6.12. The number of non-ortho nitro benzene ring substituents is 1. The number of nitro groups is 1. The van der Waals surface area contributed by atoms with Crippen LogP contribution in [0.1, 0.15) is 5.56 Å². The zero-order valence-electron chi connectivity index (χ0n) is 10.5. The summed E-state index contributed by atoms with van der Waals surface area (Å²) in [7, 11) is 0. The van der Waals surface area contributed by atoms with E-state index in [4.69, 9.17) is 11.6 Å². The Balaban J connectivity index is 1.97. The third kappa shape index (κ3) is 2.26. The van der Waals surface area contributed by atoms with Gasteiger partial charge < -0.3 is 4.57 Å². The fourth-order valence-corrected chi connectivity index (χ4v) is 2.47. The van der Waals surface area contributed by atoms with Gasteiger partial charge in [-0.05, 0) is 29.1 Å². The molecule has 0 saturated heterocycles. The van der Waals surface area contributed by atoms with Crippen molar-refractivity contribution in [2.24, 2.45) is 0 Å². The second-order valence-corrected chi connectivity index (χ2v) is 4.94. The molecule has 20 heavy (non-hydrogen) atoms. The average Bonchev–Trinajstić information content (AvgIpc) is 2.84. The largest absolute Gasteiger partial charge is 0.343 e. The molecule has 0 bridgehead atoms. The van der Waals surface area contributed by atoms with Gasteiger partial charge in [0.05, 0.1) is 9.95 Å². The molecule has 1 heterocycles. The van der Waals surface area contributed by atoms with E-state index in [2.05, 4.69) is 4.57 Å². The van der Waals surface area contributed by atoms with E-state index in [1.165, 1.54) is 12.1 Å². The molecule has 100 valence electrons. The molecule has 1 aromatic heterocycles. The van der Waals surface area contributed by atoms with Crippen LogP contribution in [0.3, 0.4) is 0 Å². The average molecular weight is 287 g/mol. The summed E-state index contributed by atoms with van der Waals surface area (Å²) >= 11 is 6.12. The second kappa shape index (κ2) is 4.98. The van der Waals surface area contributed by atoms with Gasteiger partial charge in [0.1, 0.15) is 0 Å². The van der Waals surface area contributed by atoms with Crippen LogP contribution in [-0.2, 0) is 6.54 Å². The molecule has 0 unspecified atom stereocenters. The Morgan fingerprint density at radius 1 is 1.15 bits per heavy atom. The quantitative estimate of drug-likeness (QED) is 0.534. The lowest BCUT2D eigenvalue weighted by atomic mass is 10.2. The molecule has 0 spiro atoms. The number of benzene rings is 2. The van der Waals surface area contributed by atoms with Crippen LogP contribution in [0.15, 0.2) is 54.7 Å². The first-order valence-corrected chi connectivity index (χ1v) is 6.49. The van der Waals surface area contributed by atoms with Gasteiger partial charge >= 0.3 is 0 Å². The first-order chi connectivity index (χ1) is 9.65. The Hall–Kier alpha value is -2.33. The molecule has 0 fully saturated rings. The lowest BCUT2D eigenvalue weighted by molar-refractivity contribution is -0.384. The van der Waals surface area contributed by atoms with Gasteiger partial charge in [0.2, 0.25) is 0 Å². The van der Waals surface area contributed by atoms with E-state index in [1.54, 1.807) is 6.07 Å². The zero-order chi connectivity index (χ0) is 14.1. The van der Waals surface area contributed by atoms with E-state index < -0.39 is 4.92 Å². The topological polar surface area (TPSA) is 48.1 Å². The molecule has 0 aliphatic heterocycles. The van der Waals surface area contributed by atoms with Crippen LogP contribution in [0.25, 0.3) is 10.9 Å². The minimum Gasteiger partial charge on any atom is -0.343 e. The Morgan fingerprint density at radius 2 is 1.95 bits per heavy atom.